The maximum absolute atomic E-state index is 13.1. The summed E-state index contributed by atoms with van der Waals surface area (Å²) in [5.74, 6) is -0.307. The number of carbonyl (C=O) groups excluding carboxylic acids is 1. The maximum Gasteiger partial charge on any atom is 0.243 e. The summed E-state index contributed by atoms with van der Waals surface area (Å²) >= 11 is 0. The minimum absolute atomic E-state index is 0.0434. The Labute approximate surface area is 189 Å². The number of ketones is 1. The summed E-state index contributed by atoms with van der Waals surface area (Å²) in [6, 6.07) is 12.8. The van der Waals surface area contributed by atoms with Crippen molar-refractivity contribution in [3.05, 3.63) is 65.5 Å². The fraction of sp³-hybridized carbons (Fsp3) is 0.458. The van der Waals surface area contributed by atoms with Crippen LogP contribution in [0.3, 0.4) is 0 Å². The summed E-state index contributed by atoms with van der Waals surface area (Å²) in [7, 11) is -1.91. The predicted molar refractivity (Wildman–Crippen MR) is 119 cm³/mol. The zero-order valence-electron chi connectivity index (χ0n) is 18.2. The van der Waals surface area contributed by atoms with Crippen LogP contribution in [-0.2, 0) is 14.8 Å². The lowest BCUT2D eigenvalue weighted by Crippen LogP contribution is -2.42. The van der Waals surface area contributed by atoms with Gasteiger partial charge in [0.15, 0.2) is 5.78 Å². The lowest BCUT2D eigenvalue weighted by molar-refractivity contribution is 0.0757. The van der Waals surface area contributed by atoms with Gasteiger partial charge < -0.3 is 9.64 Å². The lowest BCUT2D eigenvalue weighted by Gasteiger charge is -2.34. The van der Waals surface area contributed by atoms with Crippen molar-refractivity contribution in [3.8, 4) is 0 Å². The van der Waals surface area contributed by atoms with Crippen molar-refractivity contribution >= 4 is 15.8 Å². The predicted octanol–water partition coefficient (Wildman–Crippen LogP) is 3.50. The highest BCUT2D eigenvalue weighted by atomic mass is 32.2. The molecule has 2 aliphatic rings. The third-order valence-corrected chi connectivity index (χ3v) is 8.45. The largest absolute Gasteiger partial charge is 0.375 e. The van der Waals surface area contributed by atoms with Gasteiger partial charge in [0, 0.05) is 37.2 Å². The molecule has 32 heavy (non-hydrogen) atoms. The molecule has 2 heterocycles. The number of sulfonamides is 1. The van der Waals surface area contributed by atoms with Crippen molar-refractivity contribution in [2.45, 2.75) is 30.3 Å². The summed E-state index contributed by atoms with van der Waals surface area (Å²) < 4.78 is 46.2. The zero-order chi connectivity index (χ0) is 22.7. The number of Topliss-reactive ketones (excluding diaryl/α,β-unsaturated/α-hetero) is 1. The molecular formula is C24H29FN2O4S. The molecule has 2 aromatic carbocycles. The molecule has 1 fully saturated rings. The van der Waals surface area contributed by atoms with Gasteiger partial charge in [-0.05, 0) is 69.2 Å². The first-order chi connectivity index (χ1) is 15.4. The number of carbonyl (C=O) groups is 1. The van der Waals surface area contributed by atoms with Crippen molar-refractivity contribution < 1.29 is 22.3 Å². The monoisotopic (exact) mass is 460 g/mol. The van der Waals surface area contributed by atoms with Crippen LogP contribution in [0.15, 0.2) is 53.4 Å². The minimum atomic E-state index is -3.52. The van der Waals surface area contributed by atoms with Gasteiger partial charge in [-0.25, -0.2) is 12.8 Å². The molecule has 0 radical (unpaired) electrons. The molecule has 6 nitrogen and oxygen atoms in total. The van der Waals surface area contributed by atoms with E-state index in [1.165, 1.54) is 16.4 Å². The Morgan fingerprint density at radius 2 is 1.75 bits per heavy atom. The standard InChI is InChI=1S/C24H29FN2O4S/c1-31-22-17-27(32(29,30)23-6-3-2-5-21(22)23)14-4-13-26-15-11-19(12-16-26)24(28)18-7-9-20(25)10-8-18/h2-3,5-10,19,22H,4,11-17H2,1H3. The topological polar surface area (TPSA) is 66.9 Å². The summed E-state index contributed by atoms with van der Waals surface area (Å²) in [4.78, 5) is 15.3. The number of nitrogens with zero attached hydrogens (tertiary/aromatic N) is 2. The average Bonchev–Trinajstić information content (AvgIpc) is 2.81. The van der Waals surface area contributed by atoms with Crippen LogP contribution in [0.4, 0.5) is 4.39 Å². The first kappa shape index (κ1) is 23.0. The fourth-order valence-corrected chi connectivity index (χ4v) is 6.38. The van der Waals surface area contributed by atoms with E-state index in [0.29, 0.717) is 30.0 Å². The number of ether oxygens (including phenoxy) is 1. The molecule has 0 amide bonds. The Hall–Kier alpha value is -2.13. The van der Waals surface area contributed by atoms with Crippen LogP contribution in [0, 0.1) is 11.7 Å². The Morgan fingerprint density at radius 1 is 1.06 bits per heavy atom. The van der Waals surface area contributed by atoms with E-state index in [4.69, 9.17) is 4.74 Å². The van der Waals surface area contributed by atoms with Crippen LogP contribution in [0.1, 0.15) is 41.3 Å². The Balaban J connectivity index is 1.28. The van der Waals surface area contributed by atoms with Crippen LogP contribution in [0.5, 0.6) is 0 Å². The SMILES string of the molecule is COC1CN(CCCN2CCC(C(=O)c3ccc(F)cc3)CC2)S(=O)(=O)c2ccccc21. The van der Waals surface area contributed by atoms with Crippen molar-refractivity contribution in [1.82, 2.24) is 9.21 Å². The summed E-state index contributed by atoms with van der Waals surface area (Å²) in [6.07, 6.45) is 1.98. The number of halogens is 1. The molecule has 172 valence electrons. The number of rotatable bonds is 7. The first-order valence-electron chi connectivity index (χ1n) is 11.0. The minimum Gasteiger partial charge on any atom is -0.375 e. The van der Waals surface area contributed by atoms with Crippen LogP contribution in [-0.4, -0.2) is 63.2 Å². The molecule has 0 N–H and O–H groups in total. The van der Waals surface area contributed by atoms with Crippen LogP contribution in [0.25, 0.3) is 0 Å². The number of methoxy groups -OCH3 is 1. The molecule has 2 aromatic rings. The van der Waals surface area contributed by atoms with E-state index >= 15 is 0 Å². The third-order valence-electron chi connectivity index (χ3n) is 6.51. The molecule has 1 atom stereocenters. The van der Waals surface area contributed by atoms with E-state index in [2.05, 4.69) is 4.90 Å². The van der Waals surface area contributed by atoms with E-state index in [-0.39, 0.29) is 23.6 Å². The van der Waals surface area contributed by atoms with Crippen molar-refractivity contribution in [2.24, 2.45) is 5.92 Å². The smallest absolute Gasteiger partial charge is 0.243 e. The zero-order valence-corrected chi connectivity index (χ0v) is 19.1. The number of likely N-dealkylation sites (tertiary alicyclic amines) is 1. The molecule has 0 saturated carbocycles. The highest BCUT2D eigenvalue weighted by molar-refractivity contribution is 7.89. The van der Waals surface area contributed by atoms with Gasteiger partial charge in [-0.15, -0.1) is 0 Å². The van der Waals surface area contributed by atoms with Gasteiger partial charge in [0.05, 0.1) is 11.0 Å². The first-order valence-corrected chi connectivity index (χ1v) is 12.5. The highest BCUT2D eigenvalue weighted by Crippen LogP contribution is 2.34. The molecule has 1 saturated heterocycles. The van der Waals surface area contributed by atoms with Gasteiger partial charge in [0.2, 0.25) is 10.0 Å². The van der Waals surface area contributed by atoms with Crippen LogP contribution < -0.4 is 0 Å². The number of fused-ring (bicyclic) bond motifs is 1. The Bertz CT molecular complexity index is 1050. The lowest BCUT2D eigenvalue weighted by atomic mass is 9.89. The van der Waals surface area contributed by atoms with E-state index in [9.17, 15) is 17.6 Å². The molecule has 0 bridgehead atoms. The summed E-state index contributed by atoms with van der Waals surface area (Å²) in [5, 5.41) is 0. The number of hydrogen-bond acceptors (Lipinski definition) is 5. The second kappa shape index (κ2) is 9.79. The molecule has 2 aliphatic heterocycles. The van der Waals surface area contributed by atoms with Gasteiger partial charge >= 0.3 is 0 Å². The second-order valence-electron chi connectivity index (χ2n) is 8.47. The number of benzene rings is 2. The molecular weight excluding hydrogens is 431 g/mol. The Morgan fingerprint density at radius 3 is 2.44 bits per heavy atom. The Kier molecular flexibility index (Phi) is 7.05. The van der Waals surface area contributed by atoms with Gasteiger partial charge in [-0.2, -0.15) is 4.31 Å². The molecule has 0 aromatic heterocycles. The normalized spacial score (nSPS) is 21.9. The fourth-order valence-electron chi connectivity index (χ4n) is 4.65. The van der Waals surface area contributed by atoms with Crippen molar-refractivity contribution in [3.63, 3.8) is 0 Å². The summed E-state index contributed by atoms with van der Waals surface area (Å²) in [6.45, 7) is 3.14. The van der Waals surface area contributed by atoms with Gasteiger partial charge in [0.25, 0.3) is 0 Å². The van der Waals surface area contributed by atoms with Gasteiger partial charge in [-0.3, -0.25) is 4.79 Å². The van der Waals surface area contributed by atoms with Crippen molar-refractivity contribution in [1.29, 1.82) is 0 Å². The van der Waals surface area contributed by atoms with Gasteiger partial charge in [-0.1, -0.05) is 18.2 Å². The van der Waals surface area contributed by atoms with Gasteiger partial charge in [0.1, 0.15) is 5.82 Å². The molecule has 4 rings (SSSR count). The summed E-state index contributed by atoms with van der Waals surface area (Å²) in [5.41, 5.74) is 1.28. The average molecular weight is 461 g/mol. The molecule has 8 heteroatoms. The third kappa shape index (κ3) is 4.78. The molecule has 1 unspecified atom stereocenters. The van der Waals surface area contributed by atoms with Crippen LogP contribution >= 0.6 is 0 Å². The maximum atomic E-state index is 13.1. The number of hydrogen-bond donors (Lipinski definition) is 0. The van der Waals surface area contributed by atoms with E-state index in [1.54, 1.807) is 31.4 Å². The van der Waals surface area contributed by atoms with E-state index < -0.39 is 10.0 Å². The van der Waals surface area contributed by atoms with Crippen molar-refractivity contribution in [2.75, 3.05) is 39.8 Å². The quantitative estimate of drug-likeness (QED) is 0.592. The molecule has 0 aliphatic carbocycles. The highest BCUT2D eigenvalue weighted by Gasteiger charge is 2.36. The van der Waals surface area contributed by atoms with E-state index in [1.807, 2.05) is 12.1 Å². The van der Waals surface area contributed by atoms with Crippen LogP contribution in [0.2, 0.25) is 0 Å². The molecule has 0 spiro atoms. The van der Waals surface area contributed by atoms with E-state index in [0.717, 1.165) is 38.0 Å². The second-order valence-corrected chi connectivity index (χ2v) is 10.4. The number of piperidine rings is 1.